The van der Waals surface area contributed by atoms with Crippen LogP contribution in [-0.4, -0.2) is 78.6 Å². The van der Waals surface area contributed by atoms with E-state index in [9.17, 15) is 19.2 Å². The number of hydrogen-bond donors (Lipinski definition) is 1. The van der Waals surface area contributed by atoms with Crippen molar-refractivity contribution < 1.29 is 19.2 Å². The first-order valence-electron chi connectivity index (χ1n) is 13.4. The summed E-state index contributed by atoms with van der Waals surface area (Å²) >= 11 is 0. The van der Waals surface area contributed by atoms with Crippen molar-refractivity contribution >= 4 is 29.2 Å². The van der Waals surface area contributed by atoms with E-state index in [4.69, 9.17) is 0 Å². The number of hydrogen-bond acceptors (Lipinski definition) is 5. The molecule has 2 heterocycles. The lowest BCUT2D eigenvalue weighted by atomic mass is 9.88. The summed E-state index contributed by atoms with van der Waals surface area (Å²) in [7, 11) is 3.87. The van der Waals surface area contributed by atoms with Crippen molar-refractivity contribution in [1.82, 2.24) is 15.1 Å². The van der Waals surface area contributed by atoms with E-state index in [1.807, 2.05) is 45.0 Å². The lowest BCUT2D eigenvalue weighted by Crippen LogP contribution is -2.53. The molecule has 196 valence electrons. The van der Waals surface area contributed by atoms with E-state index >= 15 is 0 Å². The standard InChI is InChI=1S/C28H40N4O4/c1-18(2)16-22(29-26(34)19-10-12-21(13-11-19)30(3)4)28(36)31-15-14-23-25(31)24(33)17-32(23)27(35)20-8-6-5-7-9-20/h10-13,18,20,22-23,25H,5-9,14-17H2,1-4H3,(H,29,34)/t22-,23+,25-/m0/s1. The van der Waals surface area contributed by atoms with Gasteiger partial charge in [-0.1, -0.05) is 33.1 Å². The molecule has 1 N–H and O–H groups in total. The summed E-state index contributed by atoms with van der Waals surface area (Å²) in [6, 6.07) is 5.68. The first-order valence-corrected chi connectivity index (χ1v) is 13.4. The molecule has 3 fully saturated rings. The van der Waals surface area contributed by atoms with Crippen LogP contribution in [0.3, 0.4) is 0 Å². The molecule has 0 spiro atoms. The van der Waals surface area contributed by atoms with Crippen LogP contribution in [0.25, 0.3) is 0 Å². The van der Waals surface area contributed by atoms with Crippen molar-refractivity contribution in [2.24, 2.45) is 11.8 Å². The molecule has 1 saturated carbocycles. The molecule has 3 atom stereocenters. The van der Waals surface area contributed by atoms with Gasteiger partial charge in [0.2, 0.25) is 11.8 Å². The van der Waals surface area contributed by atoms with Gasteiger partial charge in [0.1, 0.15) is 12.1 Å². The number of nitrogens with one attached hydrogen (secondary N) is 1. The lowest BCUT2D eigenvalue weighted by molar-refractivity contribution is -0.138. The molecule has 0 radical (unpaired) electrons. The maximum absolute atomic E-state index is 13.7. The second-order valence-electron chi connectivity index (χ2n) is 11.2. The van der Waals surface area contributed by atoms with E-state index < -0.39 is 12.1 Å². The number of rotatable bonds is 7. The van der Waals surface area contributed by atoms with E-state index in [-0.39, 0.29) is 47.9 Å². The summed E-state index contributed by atoms with van der Waals surface area (Å²) < 4.78 is 0. The largest absolute Gasteiger partial charge is 0.378 e. The molecule has 0 unspecified atom stereocenters. The maximum Gasteiger partial charge on any atom is 0.251 e. The fourth-order valence-corrected chi connectivity index (χ4v) is 5.99. The number of carbonyl (C=O) groups excluding carboxylic acids is 4. The molecule has 1 aromatic carbocycles. The quantitative estimate of drug-likeness (QED) is 0.627. The van der Waals surface area contributed by atoms with Gasteiger partial charge in [0.15, 0.2) is 5.78 Å². The Kier molecular flexibility index (Phi) is 8.00. The summed E-state index contributed by atoms with van der Waals surface area (Å²) in [5, 5.41) is 2.93. The Bertz CT molecular complexity index is 984. The predicted octanol–water partition coefficient (Wildman–Crippen LogP) is 2.86. The Hall–Kier alpha value is -2.90. The molecule has 3 amide bonds. The van der Waals surface area contributed by atoms with Gasteiger partial charge in [-0.3, -0.25) is 19.2 Å². The second kappa shape index (κ2) is 11.0. The van der Waals surface area contributed by atoms with E-state index in [1.54, 1.807) is 21.9 Å². The molecular weight excluding hydrogens is 456 g/mol. The molecule has 36 heavy (non-hydrogen) atoms. The van der Waals surface area contributed by atoms with Gasteiger partial charge in [-0.25, -0.2) is 0 Å². The van der Waals surface area contributed by atoms with Crippen LogP contribution in [-0.2, 0) is 14.4 Å². The number of amides is 3. The molecule has 8 heteroatoms. The summed E-state index contributed by atoms with van der Waals surface area (Å²) in [5.41, 5.74) is 1.47. The summed E-state index contributed by atoms with van der Waals surface area (Å²) in [5.74, 6) is -0.335. The molecule has 2 aliphatic heterocycles. The Labute approximate surface area is 214 Å². The van der Waals surface area contributed by atoms with Gasteiger partial charge in [0.25, 0.3) is 5.91 Å². The van der Waals surface area contributed by atoms with Gasteiger partial charge in [-0.2, -0.15) is 0 Å². The second-order valence-corrected chi connectivity index (χ2v) is 11.2. The Morgan fingerprint density at radius 1 is 1.00 bits per heavy atom. The topological polar surface area (TPSA) is 90.0 Å². The molecule has 0 bridgehead atoms. The number of benzene rings is 1. The third kappa shape index (κ3) is 5.42. The highest BCUT2D eigenvalue weighted by atomic mass is 16.2. The van der Waals surface area contributed by atoms with Gasteiger partial charge in [0.05, 0.1) is 12.6 Å². The molecule has 1 aliphatic carbocycles. The molecule has 4 rings (SSSR count). The highest BCUT2D eigenvalue weighted by Crippen LogP contribution is 2.34. The number of ketones is 1. The Balaban J connectivity index is 1.46. The first-order chi connectivity index (χ1) is 17.2. The van der Waals surface area contributed by atoms with Gasteiger partial charge in [0, 0.05) is 37.8 Å². The molecule has 3 aliphatic rings. The van der Waals surface area contributed by atoms with Crippen LogP contribution < -0.4 is 10.2 Å². The number of Topliss-reactive ketones (excluding diaryl/α,β-unsaturated/α-hetero) is 1. The summed E-state index contributed by atoms with van der Waals surface area (Å²) in [4.78, 5) is 58.4. The van der Waals surface area contributed by atoms with Gasteiger partial charge in [-0.05, 0) is 55.9 Å². The minimum absolute atomic E-state index is 0.00177. The number of anilines is 1. The van der Waals surface area contributed by atoms with Gasteiger partial charge >= 0.3 is 0 Å². The lowest BCUT2D eigenvalue weighted by Gasteiger charge is -2.30. The average molecular weight is 497 g/mol. The van der Waals surface area contributed by atoms with Crippen LogP contribution in [0, 0.1) is 11.8 Å². The molecule has 2 saturated heterocycles. The first kappa shape index (κ1) is 26.2. The van der Waals surface area contributed by atoms with Crippen molar-refractivity contribution in [2.75, 3.05) is 32.1 Å². The number of nitrogens with zero attached hydrogens (tertiary/aromatic N) is 3. The predicted molar refractivity (Wildman–Crippen MR) is 139 cm³/mol. The maximum atomic E-state index is 13.7. The minimum atomic E-state index is -0.722. The van der Waals surface area contributed by atoms with E-state index in [0.717, 1.165) is 31.4 Å². The van der Waals surface area contributed by atoms with Gasteiger partial charge in [-0.15, -0.1) is 0 Å². The SMILES string of the molecule is CC(C)C[C@H](NC(=O)c1ccc(N(C)C)cc1)C(=O)N1CC[C@@H]2[C@H]1C(=O)CN2C(=O)C1CCCCC1. The smallest absolute Gasteiger partial charge is 0.251 e. The third-order valence-electron chi connectivity index (χ3n) is 7.90. The number of fused-ring (bicyclic) bond motifs is 1. The van der Waals surface area contributed by atoms with Crippen molar-refractivity contribution in [3.8, 4) is 0 Å². The van der Waals surface area contributed by atoms with Crippen molar-refractivity contribution in [1.29, 1.82) is 0 Å². The van der Waals surface area contributed by atoms with Crippen LogP contribution in [0.1, 0.15) is 69.2 Å². The van der Waals surface area contributed by atoms with Crippen LogP contribution >= 0.6 is 0 Å². The number of carbonyl (C=O) groups is 4. The van der Waals surface area contributed by atoms with Crippen molar-refractivity contribution in [3.63, 3.8) is 0 Å². The van der Waals surface area contributed by atoms with Crippen LogP contribution in [0.15, 0.2) is 24.3 Å². The summed E-state index contributed by atoms with van der Waals surface area (Å²) in [6.45, 7) is 4.54. The van der Waals surface area contributed by atoms with E-state index in [0.29, 0.717) is 24.9 Å². The third-order valence-corrected chi connectivity index (χ3v) is 7.90. The zero-order chi connectivity index (χ0) is 26.0. The fraction of sp³-hybridized carbons (Fsp3) is 0.643. The molecular formula is C28H40N4O4. The zero-order valence-corrected chi connectivity index (χ0v) is 22.0. The Morgan fingerprint density at radius 3 is 2.28 bits per heavy atom. The monoisotopic (exact) mass is 496 g/mol. The number of likely N-dealkylation sites (tertiary alicyclic amines) is 2. The fourth-order valence-electron chi connectivity index (χ4n) is 5.99. The van der Waals surface area contributed by atoms with Crippen LogP contribution in [0.5, 0.6) is 0 Å². The minimum Gasteiger partial charge on any atom is -0.378 e. The van der Waals surface area contributed by atoms with Crippen molar-refractivity contribution in [3.05, 3.63) is 29.8 Å². The molecule has 0 aromatic heterocycles. The van der Waals surface area contributed by atoms with Crippen LogP contribution in [0.4, 0.5) is 5.69 Å². The Morgan fingerprint density at radius 2 is 1.67 bits per heavy atom. The van der Waals surface area contributed by atoms with E-state index in [2.05, 4.69) is 5.32 Å². The normalized spacial score (nSPS) is 23.1. The zero-order valence-electron chi connectivity index (χ0n) is 22.0. The van der Waals surface area contributed by atoms with Crippen LogP contribution in [0.2, 0.25) is 0 Å². The summed E-state index contributed by atoms with van der Waals surface area (Å²) in [6.07, 6.45) is 6.15. The highest BCUT2D eigenvalue weighted by molar-refractivity contribution is 6.01. The van der Waals surface area contributed by atoms with Gasteiger partial charge < -0.3 is 20.0 Å². The average Bonchev–Trinajstić information content (AvgIpc) is 3.44. The molecule has 8 nitrogen and oxygen atoms in total. The molecule has 1 aromatic rings. The van der Waals surface area contributed by atoms with E-state index in [1.165, 1.54) is 6.42 Å². The van der Waals surface area contributed by atoms with Crippen molar-refractivity contribution in [2.45, 2.75) is 76.9 Å². The highest BCUT2D eigenvalue weighted by Gasteiger charge is 2.52.